The lowest BCUT2D eigenvalue weighted by atomic mass is 9.79. The minimum atomic E-state index is -0.761. The molecule has 1 aliphatic carbocycles. The highest BCUT2D eigenvalue weighted by Crippen LogP contribution is 2.38. The SMILES string of the molecule is CC(=O)c1c(C2CCC(C(=O)O)CC2)nc2c(-c3ccc(-c4cscn4)nc3)cnn2c1CN. The van der Waals surface area contributed by atoms with Crippen LogP contribution in [0.25, 0.3) is 28.2 Å². The van der Waals surface area contributed by atoms with Crippen molar-refractivity contribution < 1.29 is 14.7 Å². The highest BCUT2D eigenvalue weighted by atomic mass is 32.1. The van der Waals surface area contributed by atoms with E-state index in [1.54, 1.807) is 22.4 Å². The second kappa shape index (κ2) is 9.03. The van der Waals surface area contributed by atoms with Crippen LogP contribution in [0.3, 0.4) is 0 Å². The Morgan fingerprint density at radius 2 is 1.94 bits per heavy atom. The number of carboxylic acid groups (broad SMARTS) is 1. The van der Waals surface area contributed by atoms with Crippen molar-refractivity contribution in [3.63, 3.8) is 0 Å². The second-order valence-electron chi connectivity index (χ2n) is 8.57. The molecular formula is C24H24N6O3S. The van der Waals surface area contributed by atoms with Crippen LogP contribution in [-0.4, -0.2) is 41.4 Å². The molecule has 3 N–H and O–H groups in total. The number of carboxylic acids is 1. The minimum absolute atomic E-state index is 0.00211. The standard InChI is InChI=1S/C24H24N6O3S/c1-13(31)21-20(8-25)30-23(29-22(21)14-2-4-15(5-3-14)24(32)33)17(10-28-30)16-6-7-18(26-9-16)19-11-34-12-27-19/h6-7,9-12,14-15H,2-5,8,25H2,1H3,(H,32,33). The molecule has 174 valence electrons. The molecule has 1 saturated carbocycles. The fraction of sp³-hybridized carbons (Fsp3) is 0.333. The van der Waals surface area contributed by atoms with Crippen LogP contribution in [0.2, 0.25) is 0 Å². The number of aliphatic carboxylic acids is 1. The molecule has 10 heteroatoms. The molecule has 34 heavy (non-hydrogen) atoms. The molecule has 0 aromatic carbocycles. The molecule has 1 fully saturated rings. The molecule has 0 spiro atoms. The van der Waals surface area contributed by atoms with Crippen molar-refractivity contribution in [2.45, 2.75) is 45.1 Å². The van der Waals surface area contributed by atoms with Crippen molar-refractivity contribution >= 4 is 28.7 Å². The topological polar surface area (TPSA) is 136 Å². The number of fused-ring (bicyclic) bond motifs is 1. The van der Waals surface area contributed by atoms with E-state index in [9.17, 15) is 14.7 Å². The van der Waals surface area contributed by atoms with Crippen LogP contribution in [0.5, 0.6) is 0 Å². The number of hydrogen-bond donors (Lipinski definition) is 2. The highest BCUT2D eigenvalue weighted by molar-refractivity contribution is 7.07. The van der Waals surface area contributed by atoms with Gasteiger partial charge in [0.15, 0.2) is 11.4 Å². The summed E-state index contributed by atoms with van der Waals surface area (Å²) in [6.07, 6.45) is 5.95. The molecule has 0 aliphatic heterocycles. The maximum atomic E-state index is 12.7. The molecule has 0 atom stereocenters. The molecule has 9 nitrogen and oxygen atoms in total. The Morgan fingerprint density at radius 3 is 2.53 bits per heavy atom. The van der Waals surface area contributed by atoms with Gasteiger partial charge in [0.05, 0.1) is 46.0 Å². The number of ketones is 1. The van der Waals surface area contributed by atoms with Crippen molar-refractivity contribution in [1.29, 1.82) is 0 Å². The number of rotatable bonds is 6. The van der Waals surface area contributed by atoms with Gasteiger partial charge in [-0.15, -0.1) is 11.3 Å². The summed E-state index contributed by atoms with van der Waals surface area (Å²) in [5.41, 5.74) is 13.5. The van der Waals surface area contributed by atoms with Gasteiger partial charge >= 0.3 is 5.97 Å². The van der Waals surface area contributed by atoms with Gasteiger partial charge in [-0.3, -0.25) is 14.6 Å². The monoisotopic (exact) mass is 476 g/mol. The molecular weight excluding hydrogens is 452 g/mol. The average molecular weight is 477 g/mol. The van der Waals surface area contributed by atoms with E-state index in [4.69, 9.17) is 10.7 Å². The quantitative estimate of drug-likeness (QED) is 0.399. The number of hydrogen-bond acceptors (Lipinski definition) is 8. The Bertz CT molecular complexity index is 1360. The van der Waals surface area contributed by atoms with Gasteiger partial charge in [0.1, 0.15) is 0 Å². The van der Waals surface area contributed by atoms with Crippen molar-refractivity contribution in [3.8, 4) is 22.5 Å². The lowest BCUT2D eigenvalue weighted by molar-refractivity contribution is -0.142. The van der Waals surface area contributed by atoms with Gasteiger partial charge in [-0.05, 0) is 38.7 Å². The first-order valence-corrected chi connectivity index (χ1v) is 12.1. The van der Waals surface area contributed by atoms with Crippen molar-refractivity contribution in [2.24, 2.45) is 11.7 Å². The molecule has 4 heterocycles. The highest BCUT2D eigenvalue weighted by Gasteiger charge is 2.31. The summed E-state index contributed by atoms with van der Waals surface area (Å²) in [5.74, 6) is -1.22. The smallest absolute Gasteiger partial charge is 0.306 e. The van der Waals surface area contributed by atoms with Crippen LogP contribution < -0.4 is 5.73 Å². The normalized spacial score (nSPS) is 18.3. The first kappa shape index (κ1) is 22.3. The maximum absolute atomic E-state index is 12.7. The van der Waals surface area contributed by atoms with Crippen LogP contribution >= 0.6 is 11.3 Å². The van der Waals surface area contributed by atoms with E-state index in [-0.39, 0.29) is 24.2 Å². The van der Waals surface area contributed by atoms with Crippen LogP contribution in [-0.2, 0) is 11.3 Å². The van der Waals surface area contributed by atoms with E-state index in [1.807, 2.05) is 17.5 Å². The zero-order valence-corrected chi connectivity index (χ0v) is 19.5. The lowest BCUT2D eigenvalue weighted by Crippen LogP contribution is -2.24. The molecule has 5 rings (SSSR count). The van der Waals surface area contributed by atoms with Crippen LogP contribution in [0, 0.1) is 5.92 Å². The number of carbonyl (C=O) groups excluding carboxylic acids is 1. The summed E-state index contributed by atoms with van der Waals surface area (Å²) in [6.45, 7) is 1.65. The Labute approximate surface area is 199 Å². The number of thiazole rings is 1. The predicted molar refractivity (Wildman–Crippen MR) is 128 cm³/mol. The van der Waals surface area contributed by atoms with E-state index in [1.165, 1.54) is 18.3 Å². The summed E-state index contributed by atoms with van der Waals surface area (Å²) in [5, 5.41) is 15.8. The average Bonchev–Trinajstić information content (AvgIpc) is 3.53. The first-order chi connectivity index (χ1) is 16.5. The lowest BCUT2D eigenvalue weighted by Gasteiger charge is -2.27. The summed E-state index contributed by atoms with van der Waals surface area (Å²) >= 11 is 1.52. The maximum Gasteiger partial charge on any atom is 0.306 e. The predicted octanol–water partition coefficient (Wildman–Crippen LogP) is 3.93. The summed E-state index contributed by atoms with van der Waals surface area (Å²) in [6, 6.07) is 3.87. The second-order valence-corrected chi connectivity index (χ2v) is 9.28. The minimum Gasteiger partial charge on any atom is -0.481 e. The van der Waals surface area contributed by atoms with E-state index in [0.717, 1.165) is 22.5 Å². The van der Waals surface area contributed by atoms with Gasteiger partial charge in [-0.2, -0.15) is 5.10 Å². The number of pyridine rings is 1. The molecule has 0 amide bonds. The summed E-state index contributed by atoms with van der Waals surface area (Å²) < 4.78 is 1.65. The zero-order valence-electron chi connectivity index (χ0n) is 18.6. The van der Waals surface area contributed by atoms with Gasteiger partial charge < -0.3 is 10.8 Å². The van der Waals surface area contributed by atoms with Crippen molar-refractivity contribution in [2.75, 3.05) is 0 Å². The third-order valence-corrected chi connectivity index (χ3v) is 7.13. The third-order valence-electron chi connectivity index (χ3n) is 6.55. The van der Waals surface area contributed by atoms with Crippen molar-refractivity contribution in [3.05, 3.63) is 52.4 Å². The fourth-order valence-corrected chi connectivity index (χ4v) is 5.35. The number of nitrogens with zero attached hydrogens (tertiary/aromatic N) is 5. The van der Waals surface area contributed by atoms with Gasteiger partial charge in [-0.25, -0.2) is 14.5 Å². The molecule has 0 saturated heterocycles. The van der Waals surface area contributed by atoms with E-state index < -0.39 is 5.97 Å². The zero-order chi connectivity index (χ0) is 23.8. The van der Waals surface area contributed by atoms with E-state index in [2.05, 4.69) is 15.1 Å². The Kier molecular flexibility index (Phi) is 5.93. The molecule has 4 aromatic rings. The Balaban J connectivity index is 1.60. The third kappa shape index (κ3) is 3.88. The number of carbonyl (C=O) groups is 2. The Hall–Kier alpha value is -3.50. The first-order valence-electron chi connectivity index (χ1n) is 11.2. The fourth-order valence-electron chi connectivity index (χ4n) is 4.80. The number of aromatic nitrogens is 5. The van der Waals surface area contributed by atoms with Crippen LogP contribution in [0.4, 0.5) is 0 Å². The number of Topliss-reactive ketones (excluding diaryl/α,β-unsaturated/α-hetero) is 1. The van der Waals surface area contributed by atoms with Crippen LogP contribution in [0.1, 0.15) is 60.3 Å². The molecule has 1 aliphatic rings. The summed E-state index contributed by atoms with van der Waals surface area (Å²) in [4.78, 5) is 37.9. The summed E-state index contributed by atoms with van der Waals surface area (Å²) in [7, 11) is 0. The van der Waals surface area contributed by atoms with E-state index in [0.29, 0.717) is 48.3 Å². The molecule has 4 aromatic heterocycles. The molecule has 0 radical (unpaired) electrons. The van der Waals surface area contributed by atoms with Gasteiger partial charge in [0, 0.05) is 35.2 Å². The van der Waals surface area contributed by atoms with Crippen molar-refractivity contribution in [1.82, 2.24) is 24.6 Å². The van der Waals surface area contributed by atoms with Crippen LogP contribution in [0.15, 0.2) is 35.4 Å². The van der Waals surface area contributed by atoms with E-state index >= 15 is 0 Å². The Morgan fingerprint density at radius 1 is 1.15 bits per heavy atom. The van der Waals surface area contributed by atoms with Gasteiger partial charge in [0.2, 0.25) is 0 Å². The largest absolute Gasteiger partial charge is 0.481 e. The molecule has 0 bridgehead atoms. The van der Waals surface area contributed by atoms with Gasteiger partial charge in [-0.1, -0.05) is 6.07 Å². The number of nitrogens with two attached hydrogens (primary N) is 1. The molecule has 0 unspecified atom stereocenters. The van der Waals surface area contributed by atoms with Gasteiger partial charge in [0.25, 0.3) is 0 Å².